The second-order valence-electron chi connectivity index (χ2n) is 10.1. The van der Waals surface area contributed by atoms with Crippen molar-refractivity contribution in [2.75, 3.05) is 24.0 Å². The Morgan fingerprint density at radius 1 is 1.12 bits per heavy atom. The highest BCUT2D eigenvalue weighted by atomic mass is 32.2. The normalized spacial score (nSPS) is 14.8. The van der Waals surface area contributed by atoms with E-state index in [0.717, 1.165) is 17.1 Å². The van der Waals surface area contributed by atoms with Gasteiger partial charge in [-0.25, -0.2) is 18.9 Å². The molecule has 2 aromatic carbocycles. The summed E-state index contributed by atoms with van der Waals surface area (Å²) in [5, 5.41) is 9.16. The number of benzene rings is 2. The van der Waals surface area contributed by atoms with Crippen molar-refractivity contribution < 1.29 is 28.1 Å². The monoisotopic (exact) mass is 583 g/mol. The molecule has 218 valence electrons. The van der Waals surface area contributed by atoms with Gasteiger partial charge in [-0.3, -0.25) is 13.3 Å². The van der Waals surface area contributed by atoms with Crippen LogP contribution in [-0.4, -0.2) is 63.2 Å². The molecule has 1 saturated heterocycles. The molecule has 13 nitrogen and oxygen atoms in total. The Hall–Kier alpha value is -4.30. The molecule has 41 heavy (non-hydrogen) atoms. The van der Waals surface area contributed by atoms with E-state index in [-0.39, 0.29) is 28.9 Å². The van der Waals surface area contributed by atoms with Gasteiger partial charge < -0.3 is 28.6 Å². The van der Waals surface area contributed by atoms with Gasteiger partial charge in [-0.15, -0.1) is 0 Å². The fraction of sp³-hybridized carbons (Fsp3) is 0.370. The van der Waals surface area contributed by atoms with Crippen LogP contribution in [0.2, 0.25) is 0 Å². The second kappa shape index (κ2) is 11.3. The summed E-state index contributed by atoms with van der Waals surface area (Å²) in [4.78, 5) is 29.6. The number of imidazole rings is 2. The summed E-state index contributed by atoms with van der Waals surface area (Å²) in [6.07, 6.45) is 2.13. The summed E-state index contributed by atoms with van der Waals surface area (Å²) < 4.78 is 43.0. The van der Waals surface area contributed by atoms with Crippen LogP contribution in [-0.2, 0) is 32.4 Å². The Balaban J connectivity index is 1.46. The van der Waals surface area contributed by atoms with Gasteiger partial charge in [0.05, 0.1) is 28.9 Å². The van der Waals surface area contributed by atoms with E-state index in [2.05, 4.69) is 4.98 Å². The summed E-state index contributed by atoms with van der Waals surface area (Å²) in [6.45, 7) is 3.15. The molecule has 1 amide bonds. The summed E-state index contributed by atoms with van der Waals surface area (Å²) in [7, 11) is 5.01. The van der Waals surface area contributed by atoms with E-state index in [1.807, 2.05) is 0 Å². The zero-order chi connectivity index (χ0) is 29.4. The maximum Gasteiger partial charge on any atom is 0.407 e. The van der Waals surface area contributed by atoms with Crippen molar-refractivity contribution in [1.82, 2.24) is 23.6 Å². The molecule has 2 aromatic heterocycles. The fourth-order valence-electron chi connectivity index (χ4n) is 4.93. The minimum atomic E-state index is -2.76. The molecule has 4 aromatic rings. The summed E-state index contributed by atoms with van der Waals surface area (Å²) >= 11 is -2.76. The van der Waals surface area contributed by atoms with E-state index in [0.29, 0.717) is 48.1 Å². The Labute approximate surface area is 238 Å². The van der Waals surface area contributed by atoms with Crippen molar-refractivity contribution in [3.8, 4) is 17.2 Å². The molecular formula is C27H31N6O7S-. The van der Waals surface area contributed by atoms with Gasteiger partial charge in [-0.2, -0.15) is 0 Å². The van der Waals surface area contributed by atoms with Crippen LogP contribution in [0.25, 0.3) is 11.0 Å². The third-order valence-electron chi connectivity index (χ3n) is 7.43. The smallest absolute Gasteiger partial charge is 0.407 e. The predicted octanol–water partition coefficient (Wildman–Crippen LogP) is 3.41. The van der Waals surface area contributed by atoms with Gasteiger partial charge in [0.15, 0.2) is 11.6 Å². The van der Waals surface area contributed by atoms with E-state index in [1.54, 1.807) is 75.2 Å². The van der Waals surface area contributed by atoms with Crippen LogP contribution in [0.3, 0.4) is 0 Å². The van der Waals surface area contributed by atoms with Gasteiger partial charge in [0.1, 0.15) is 23.0 Å². The van der Waals surface area contributed by atoms with Gasteiger partial charge in [0.25, 0.3) is 0 Å². The van der Waals surface area contributed by atoms with Crippen LogP contribution in [0.4, 0.5) is 16.3 Å². The van der Waals surface area contributed by atoms with Crippen LogP contribution >= 0.6 is 0 Å². The molecule has 0 aliphatic carbocycles. The number of fused-ring (bicyclic) bond motifs is 1. The van der Waals surface area contributed by atoms with Crippen molar-refractivity contribution >= 4 is 39.9 Å². The number of anilines is 2. The van der Waals surface area contributed by atoms with E-state index >= 15 is 0 Å². The lowest BCUT2D eigenvalue weighted by molar-refractivity contribution is 0.111. The number of aromatic nitrogens is 4. The molecule has 0 spiro atoms. The van der Waals surface area contributed by atoms with Crippen LogP contribution in [0.5, 0.6) is 17.2 Å². The number of hydrogen-bond acceptors (Lipinski definition) is 7. The van der Waals surface area contributed by atoms with Gasteiger partial charge in [0.2, 0.25) is 0 Å². The summed E-state index contributed by atoms with van der Waals surface area (Å²) in [5.41, 5.74) is 0.997. The van der Waals surface area contributed by atoms with Gasteiger partial charge in [-0.05, 0) is 43.9 Å². The highest BCUT2D eigenvalue weighted by Crippen LogP contribution is 2.40. The first-order chi connectivity index (χ1) is 19.5. The standard InChI is InChI=1S/C27H32N6O7S/c1-17-28-25(15-29(17)2)33(41(37)38)23-13-21-22(31(4)26(34)30(21)3)14-24(23)40-20-7-5-6-19(12-20)39-16-18-8-10-32(11-9-18)27(35)36/h5-7,12-15,18H,8-11,16H2,1-4H3,(H,35,36)(H,37,38)/p-1. The Morgan fingerprint density at radius 3 is 2.39 bits per heavy atom. The number of nitrogens with zero attached hydrogens (tertiary/aromatic N) is 6. The van der Waals surface area contributed by atoms with E-state index in [9.17, 15) is 18.4 Å². The van der Waals surface area contributed by atoms with E-state index in [1.165, 1.54) is 14.0 Å². The first kappa shape index (κ1) is 28.2. The third-order valence-corrected chi connectivity index (χ3v) is 8.11. The highest BCUT2D eigenvalue weighted by molar-refractivity contribution is 7.81. The molecule has 1 fully saturated rings. The second-order valence-corrected chi connectivity index (χ2v) is 10.9. The van der Waals surface area contributed by atoms with Crippen molar-refractivity contribution in [1.29, 1.82) is 0 Å². The molecule has 14 heteroatoms. The molecular weight excluding hydrogens is 552 g/mol. The molecule has 0 radical (unpaired) electrons. The van der Waals surface area contributed by atoms with Crippen molar-refractivity contribution in [3.05, 3.63) is 58.9 Å². The molecule has 5 rings (SSSR count). The molecule has 3 heterocycles. The minimum Gasteiger partial charge on any atom is -0.755 e. The van der Waals surface area contributed by atoms with E-state index in [4.69, 9.17) is 14.6 Å². The van der Waals surface area contributed by atoms with Crippen molar-refractivity contribution in [2.24, 2.45) is 27.1 Å². The largest absolute Gasteiger partial charge is 0.755 e. The Bertz CT molecular complexity index is 1670. The number of amides is 1. The lowest BCUT2D eigenvalue weighted by Gasteiger charge is -2.29. The number of rotatable bonds is 8. The molecule has 1 aliphatic rings. The fourth-order valence-corrected chi connectivity index (χ4v) is 5.48. The maximum atomic E-state index is 12.7. The SMILES string of the molecule is Cc1nc(N(c2cc3c(cc2Oc2cccc(OCC4CCN(C(=O)O)CC4)c2)n(C)c(=O)n3C)S(=O)[O-])cn1C. The van der Waals surface area contributed by atoms with Crippen LogP contribution < -0.4 is 19.5 Å². The number of ether oxygens (including phenoxy) is 2. The molecule has 1 unspecified atom stereocenters. The third kappa shape index (κ3) is 5.65. The van der Waals surface area contributed by atoms with Crippen LogP contribution in [0.1, 0.15) is 18.7 Å². The van der Waals surface area contributed by atoms with Crippen molar-refractivity contribution in [3.63, 3.8) is 0 Å². The lowest BCUT2D eigenvalue weighted by atomic mass is 9.98. The zero-order valence-electron chi connectivity index (χ0n) is 23.1. The number of piperidine rings is 1. The first-order valence-corrected chi connectivity index (χ1v) is 14.0. The number of carbonyl (C=O) groups is 1. The average Bonchev–Trinajstić information content (AvgIpc) is 3.37. The lowest BCUT2D eigenvalue weighted by Crippen LogP contribution is -2.38. The van der Waals surface area contributed by atoms with Gasteiger partial charge in [-0.1, -0.05) is 6.07 Å². The number of aryl methyl sites for hydroxylation is 4. The Kier molecular flexibility index (Phi) is 7.78. The van der Waals surface area contributed by atoms with Crippen molar-refractivity contribution in [2.45, 2.75) is 19.8 Å². The molecule has 0 saturated carbocycles. The molecule has 0 bridgehead atoms. The quantitative estimate of drug-likeness (QED) is 0.311. The zero-order valence-corrected chi connectivity index (χ0v) is 24.0. The minimum absolute atomic E-state index is 0.175. The Morgan fingerprint density at radius 2 is 1.78 bits per heavy atom. The van der Waals surface area contributed by atoms with Crippen LogP contribution in [0.15, 0.2) is 47.4 Å². The van der Waals surface area contributed by atoms with Gasteiger partial charge >= 0.3 is 11.8 Å². The van der Waals surface area contributed by atoms with Gasteiger partial charge in [0, 0.05) is 52.6 Å². The highest BCUT2D eigenvalue weighted by Gasteiger charge is 2.24. The first-order valence-electron chi connectivity index (χ1n) is 13.0. The summed E-state index contributed by atoms with van der Waals surface area (Å²) in [5.74, 6) is 2.18. The molecule has 1 N–H and O–H groups in total. The molecule has 1 aliphatic heterocycles. The summed E-state index contributed by atoms with van der Waals surface area (Å²) in [6, 6.07) is 10.2. The number of carboxylic acid groups (broad SMARTS) is 1. The predicted molar refractivity (Wildman–Crippen MR) is 151 cm³/mol. The maximum absolute atomic E-state index is 12.7. The van der Waals surface area contributed by atoms with Crippen LogP contribution in [0, 0.1) is 12.8 Å². The number of hydrogen-bond donors (Lipinski definition) is 1. The number of likely N-dealkylation sites (tertiary alicyclic amines) is 1. The molecule has 1 atom stereocenters. The van der Waals surface area contributed by atoms with E-state index < -0.39 is 17.4 Å². The average molecular weight is 584 g/mol. The topological polar surface area (TPSA) is 147 Å².